The summed E-state index contributed by atoms with van der Waals surface area (Å²) in [5, 5.41) is 16.8. The summed E-state index contributed by atoms with van der Waals surface area (Å²) in [6.07, 6.45) is 5.34. The Morgan fingerprint density at radius 2 is 1.59 bits per heavy atom. The highest BCUT2D eigenvalue weighted by molar-refractivity contribution is 5.44. The predicted molar refractivity (Wildman–Crippen MR) is 116 cm³/mol. The Balaban J connectivity index is 1.46. The van der Waals surface area contributed by atoms with E-state index in [1.165, 1.54) is 24.1 Å². The van der Waals surface area contributed by atoms with Crippen molar-refractivity contribution in [2.45, 2.75) is 63.5 Å². The molecular weight excluding hydrogens is 356 g/mol. The molecule has 0 amide bonds. The van der Waals surface area contributed by atoms with Crippen molar-refractivity contribution in [1.82, 2.24) is 9.78 Å². The van der Waals surface area contributed by atoms with Crippen molar-refractivity contribution >= 4 is 0 Å². The first kappa shape index (κ1) is 18.6. The van der Waals surface area contributed by atoms with Crippen molar-refractivity contribution in [2.24, 2.45) is 5.41 Å². The second-order valence-electron chi connectivity index (χ2n) is 9.68. The number of aryl methyl sites for hydroxylation is 1. The van der Waals surface area contributed by atoms with E-state index in [-0.39, 0.29) is 5.41 Å². The molecule has 0 saturated heterocycles. The summed E-state index contributed by atoms with van der Waals surface area (Å²) in [5.74, 6) is 0.610. The quantitative estimate of drug-likeness (QED) is 0.639. The summed E-state index contributed by atoms with van der Waals surface area (Å²) >= 11 is 0. The molecule has 2 aliphatic rings. The lowest BCUT2D eigenvalue weighted by Gasteiger charge is -2.34. The number of aromatic nitrogens is 2. The number of benzene rings is 2. The van der Waals surface area contributed by atoms with Crippen molar-refractivity contribution < 1.29 is 5.11 Å². The molecule has 1 heterocycles. The van der Waals surface area contributed by atoms with Gasteiger partial charge in [-0.3, -0.25) is 4.68 Å². The molecule has 5 rings (SSSR count). The average Bonchev–Trinajstić information content (AvgIpc) is 3.32. The van der Waals surface area contributed by atoms with Gasteiger partial charge in [-0.25, -0.2) is 0 Å². The molecule has 0 aliphatic heterocycles. The fourth-order valence-corrected chi connectivity index (χ4v) is 5.86. The summed E-state index contributed by atoms with van der Waals surface area (Å²) in [7, 11) is 0. The first-order chi connectivity index (χ1) is 13.9. The van der Waals surface area contributed by atoms with E-state index in [4.69, 9.17) is 5.10 Å². The lowest BCUT2D eigenvalue weighted by molar-refractivity contribution is 0.0646. The number of fused-ring (bicyclic) bond motifs is 5. The fraction of sp³-hybridized carbons (Fsp3) is 0.423. The van der Waals surface area contributed by atoms with Crippen molar-refractivity contribution in [2.75, 3.05) is 0 Å². The third-order valence-electron chi connectivity index (χ3n) is 8.12. The highest BCUT2D eigenvalue weighted by Gasteiger charge is 2.61. The highest BCUT2D eigenvalue weighted by atomic mass is 16.3. The normalized spacial score (nSPS) is 24.6. The maximum Gasteiger partial charge on any atom is 0.116 e. The third-order valence-corrected chi connectivity index (χ3v) is 8.12. The van der Waals surface area contributed by atoms with Gasteiger partial charge in [0.25, 0.3) is 0 Å². The van der Waals surface area contributed by atoms with Gasteiger partial charge in [-0.05, 0) is 40.9 Å². The minimum absolute atomic E-state index is 0.174. The van der Waals surface area contributed by atoms with Crippen molar-refractivity contribution in [3.05, 3.63) is 89.2 Å². The van der Waals surface area contributed by atoms with E-state index in [1.807, 2.05) is 60.7 Å². The Morgan fingerprint density at radius 3 is 2.14 bits per heavy atom. The van der Waals surface area contributed by atoms with Gasteiger partial charge in [-0.2, -0.15) is 5.10 Å². The zero-order valence-electron chi connectivity index (χ0n) is 17.6. The molecule has 1 saturated carbocycles. The molecular formula is C26H30N2O. The average molecular weight is 387 g/mol. The van der Waals surface area contributed by atoms with E-state index in [9.17, 15) is 5.11 Å². The largest absolute Gasteiger partial charge is 0.380 e. The Hall–Kier alpha value is -2.39. The molecule has 3 heteroatoms. The van der Waals surface area contributed by atoms with Crippen LogP contribution >= 0.6 is 0 Å². The molecule has 0 radical (unpaired) electrons. The van der Waals surface area contributed by atoms with E-state index in [0.717, 1.165) is 11.1 Å². The van der Waals surface area contributed by atoms with Gasteiger partial charge >= 0.3 is 0 Å². The number of hydrogen-bond donors (Lipinski definition) is 1. The van der Waals surface area contributed by atoms with Crippen LogP contribution in [0.15, 0.2) is 66.9 Å². The van der Waals surface area contributed by atoms with Gasteiger partial charge in [-0.15, -0.1) is 0 Å². The first-order valence-electron chi connectivity index (χ1n) is 10.8. The van der Waals surface area contributed by atoms with Crippen LogP contribution in [0.4, 0.5) is 0 Å². The Bertz CT molecular complexity index is 982. The van der Waals surface area contributed by atoms with Gasteiger partial charge in [0.2, 0.25) is 0 Å². The monoisotopic (exact) mass is 386 g/mol. The van der Waals surface area contributed by atoms with Crippen molar-refractivity contribution in [1.29, 1.82) is 0 Å². The third kappa shape index (κ3) is 2.56. The summed E-state index contributed by atoms with van der Waals surface area (Å²) in [5.41, 5.74) is 4.03. The van der Waals surface area contributed by atoms with Crippen LogP contribution in [0.2, 0.25) is 0 Å². The topological polar surface area (TPSA) is 38.0 Å². The van der Waals surface area contributed by atoms with Crippen LogP contribution in [0.25, 0.3) is 0 Å². The number of hydrogen-bond acceptors (Lipinski definition) is 2. The molecule has 29 heavy (non-hydrogen) atoms. The molecule has 1 aromatic heterocycles. The van der Waals surface area contributed by atoms with Crippen molar-refractivity contribution in [3.8, 4) is 0 Å². The molecule has 2 aromatic carbocycles. The molecule has 3 aromatic rings. The minimum Gasteiger partial charge on any atom is -0.380 e. The molecule has 2 aliphatic carbocycles. The predicted octanol–water partition coefficient (Wildman–Crippen LogP) is 5.38. The summed E-state index contributed by atoms with van der Waals surface area (Å²) < 4.78 is 2.08. The van der Waals surface area contributed by atoms with Gasteiger partial charge in [0.1, 0.15) is 5.60 Å². The van der Waals surface area contributed by atoms with E-state index < -0.39 is 5.60 Å². The lowest BCUT2D eigenvalue weighted by atomic mass is 9.70. The van der Waals surface area contributed by atoms with Crippen LogP contribution in [-0.4, -0.2) is 14.9 Å². The zero-order valence-corrected chi connectivity index (χ0v) is 17.6. The summed E-state index contributed by atoms with van der Waals surface area (Å²) in [6, 6.07) is 20.0. The van der Waals surface area contributed by atoms with Crippen molar-refractivity contribution in [3.63, 3.8) is 0 Å². The van der Waals surface area contributed by atoms with Gasteiger partial charge in [0, 0.05) is 24.6 Å². The Labute approximate surface area is 173 Å². The van der Waals surface area contributed by atoms with E-state index >= 15 is 0 Å². The first-order valence-corrected chi connectivity index (χ1v) is 10.8. The number of nitrogens with zero attached hydrogens (tertiary/aromatic N) is 2. The Kier molecular flexibility index (Phi) is 4.05. The summed E-state index contributed by atoms with van der Waals surface area (Å²) in [4.78, 5) is 0. The summed E-state index contributed by atoms with van der Waals surface area (Å²) in [6.45, 7) is 7.89. The zero-order chi connectivity index (χ0) is 20.3. The lowest BCUT2D eigenvalue weighted by Crippen LogP contribution is -2.33. The van der Waals surface area contributed by atoms with E-state index in [0.29, 0.717) is 24.3 Å². The number of rotatable bonds is 5. The molecule has 1 fully saturated rings. The second-order valence-corrected chi connectivity index (χ2v) is 9.68. The van der Waals surface area contributed by atoms with Crippen LogP contribution < -0.4 is 0 Å². The second kappa shape index (κ2) is 6.30. The minimum atomic E-state index is -1.03. The van der Waals surface area contributed by atoms with Gasteiger partial charge in [-0.1, -0.05) is 81.4 Å². The van der Waals surface area contributed by atoms with E-state index in [1.54, 1.807) is 0 Å². The SMILES string of the molecule is CC1(C)[C@@H]2CC[C@@]1(C)c1nn(CCC(O)(c3ccccc3)c3ccccc3)cc12. The number of aliphatic hydroxyl groups is 1. The van der Waals surface area contributed by atoms with Gasteiger partial charge in [0.15, 0.2) is 0 Å². The molecule has 2 bridgehead atoms. The maximum atomic E-state index is 11.8. The highest BCUT2D eigenvalue weighted by Crippen LogP contribution is 2.67. The molecule has 3 nitrogen and oxygen atoms in total. The van der Waals surface area contributed by atoms with Crippen LogP contribution in [0, 0.1) is 5.41 Å². The molecule has 1 N–H and O–H groups in total. The van der Waals surface area contributed by atoms with E-state index in [2.05, 4.69) is 31.6 Å². The molecule has 0 spiro atoms. The van der Waals surface area contributed by atoms with Crippen LogP contribution in [0.5, 0.6) is 0 Å². The van der Waals surface area contributed by atoms with Crippen LogP contribution in [0.3, 0.4) is 0 Å². The fourth-order valence-electron chi connectivity index (χ4n) is 5.86. The van der Waals surface area contributed by atoms with Gasteiger partial charge in [0.05, 0.1) is 5.69 Å². The maximum absolute atomic E-state index is 11.8. The standard InChI is InChI=1S/C26H30N2O/c1-24(2)22-14-15-25(24,3)23-21(22)18-28(27-23)17-16-26(29,19-10-6-4-7-11-19)20-12-8-5-9-13-20/h4-13,18,22,29H,14-17H2,1-3H3/t22-,25+/m1/s1. The molecule has 2 atom stereocenters. The van der Waals surface area contributed by atoms with Crippen LogP contribution in [0.1, 0.15) is 68.3 Å². The molecule has 150 valence electrons. The Morgan fingerprint density at radius 1 is 1.00 bits per heavy atom. The van der Waals surface area contributed by atoms with Gasteiger partial charge < -0.3 is 5.11 Å². The molecule has 0 unspecified atom stereocenters. The smallest absolute Gasteiger partial charge is 0.116 e. The van der Waals surface area contributed by atoms with Crippen LogP contribution in [-0.2, 0) is 17.6 Å².